The van der Waals surface area contributed by atoms with E-state index < -0.39 is 23.5 Å². The lowest BCUT2D eigenvalue weighted by Gasteiger charge is -2.25. The number of hydrazine groups is 1. The van der Waals surface area contributed by atoms with Crippen molar-refractivity contribution in [2.24, 2.45) is 5.92 Å². The lowest BCUT2D eigenvalue weighted by molar-refractivity contribution is -0.134. The Morgan fingerprint density at radius 2 is 1.94 bits per heavy atom. The molecule has 1 unspecified atom stereocenters. The summed E-state index contributed by atoms with van der Waals surface area (Å²) < 4.78 is 5.86. The molecule has 0 saturated carbocycles. The van der Waals surface area contributed by atoms with Crippen molar-refractivity contribution < 1.29 is 19.1 Å². The van der Waals surface area contributed by atoms with Gasteiger partial charge in [0, 0.05) is 38.3 Å². The number of methoxy groups -OCH3 is 1. The van der Waals surface area contributed by atoms with Gasteiger partial charge >= 0.3 is 5.97 Å². The van der Waals surface area contributed by atoms with Crippen molar-refractivity contribution in [3.63, 3.8) is 0 Å². The van der Waals surface area contributed by atoms with Crippen LogP contribution in [0.25, 0.3) is 0 Å². The third-order valence-corrected chi connectivity index (χ3v) is 5.93. The minimum Gasteiger partial charge on any atom is -0.466 e. The molecule has 0 saturated heterocycles. The maximum Gasteiger partial charge on any atom is 0.330 e. The number of hydrogen-bond acceptors (Lipinski definition) is 8. The first kappa shape index (κ1) is 28.6. The number of ether oxygens (including phenoxy) is 1. The molecule has 0 spiro atoms. The van der Waals surface area contributed by atoms with E-state index in [1.807, 2.05) is 18.1 Å². The van der Waals surface area contributed by atoms with E-state index in [0.717, 1.165) is 12.8 Å². The number of amides is 2. The Balaban J connectivity index is 2.06. The summed E-state index contributed by atoms with van der Waals surface area (Å²) in [6.45, 7) is 5.13. The quantitative estimate of drug-likeness (QED) is 0.258. The van der Waals surface area contributed by atoms with Crippen LogP contribution in [0.15, 0.2) is 47.7 Å². The molecule has 1 aliphatic rings. The maximum absolute atomic E-state index is 13.1. The number of allylic oxidation sites excluding steroid dienone is 1. The number of nitrogens with one attached hydrogen (secondary N) is 3. The summed E-state index contributed by atoms with van der Waals surface area (Å²) >= 11 is 0. The molecule has 0 aromatic carbocycles. The predicted molar refractivity (Wildman–Crippen MR) is 137 cm³/mol. The molecule has 3 N–H and O–H groups in total. The number of carbonyl (C=O) groups excluding carboxylic acids is 3. The summed E-state index contributed by atoms with van der Waals surface area (Å²) in [7, 11) is 3.20. The molecule has 2 rings (SSSR count). The Hall–Kier alpha value is -3.60. The van der Waals surface area contributed by atoms with Gasteiger partial charge in [-0.3, -0.25) is 19.4 Å². The van der Waals surface area contributed by atoms with Crippen molar-refractivity contribution in [2.45, 2.75) is 52.1 Å². The number of esters is 1. The Bertz CT molecular complexity index is 1000. The summed E-state index contributed by atoms with van der Waals surface area (Å²) in [5.41, 5.74) is 2.76. The van der Waals surface area contributed by atoms with Crippen molar-refractivity contribution in [3.8, 4) is 0 Å². The van der Waals surface area contributed by atoms with Crippen molar-refractivity contribution >= 4 is 23.5 Å². The van der Waals surface area contributed by atoms with Gasteiger partial charge in [0.2, 0.25) is 11.8 Å². The summed E-state index contributed by atoms with van der Waals surface area (Å²) in [4.78, 5) is 51.6. The molecule has 36 heavy (non-hydrogen) atoms. The van der Waals surface area contributed by atoms with Gasteiger partial charge in [-0.2, -0.15) is 0 Å². The van der Waals surface area contributed by atoms with E-state index in [1.165, 1.54) is 30.0 Å². The van der Waals surface area contributed by atoms with Gasteiger partial charge < -0.3 is 24.8 Å². The van der Waals surface area contributed by atoms with Gasteiger partial charge in [-0.15, -0.1) is 0 Å². The second-order valence-electron chi connectivity index (χ2n) is 8.68. The summed E-state index contributed by atoms with van der Waals surface area (Å²) in [5, 5.41) is 7.33. The molecule has 11 nitrogen and oxygen atoms in total. The molecule has 0 fully saturated rings. The second kappa shape index (κ2) is 14.7. The number of rotatable bonds is 14. The molecule has 1 aliphatic heterocycles. The Kier molecular flexibility index (Phi) is 11.7. The number of carbonyl (C=O) groups is 3. The monoisotopic (exact) mass is 502 g/mol. The van der Waals surface area contributed by atoms with Crippen molar-refractivity contribution in [1.29, 1.82) is 0 Å². The zero-order valence-electron chi connectivity index (χ0n) is 21.5. The third kappa shape index (κ3) is 9.21. The fraction of sp³-hybridized carbons (Fsp3) is 0.520. The lowest BCUT2D eigenvalue weighted by Crippen LogP contribution is -2.49. The largest absolute Gasteiger partial charge is 0.466 e. The number of anilines is 1. The average Bonchev–Trinajstić information content (AvgIpc) is 3.28. The van der Waals surface area contributed by atoms with Crippen LogP contribution in [-0.2, 0) is 25.7 Å². The van der Waals surface area contributed by atoms with Gasteiger partial charge in [0.15, 0.2) is 0 Å². The molecule has 1 aromatic rings. The van der Waals surface area contributed by atoms with Crippen LogP contribution in [-0.4, -0.2) is 65.7 Å². The van der Waals surface area contributed by atoms with Crippen LogP contribution in [0.1, 0.15) is 39.5 Å². The van der Waals surface area contributed by atoms with Gasteiger partial charge in [-0.25, -0.2) is 10.2 Å². The summed E-state index contributed by atoms with van der Waals surface area (Å²) in [5.74, 6) is -0.734. The zero-order valence-corrected chi connectivity index (χ0v) is 21.5. The highest BCUT2D eigenvalue weighted by Crippen LogP contribution is 2.09. The predicted octanol–water partition coefficient (Wildman–Crippen LogP) is 1.40. The molecule has 0 radical (unpaired) electrons. The molecule has 0 aliphatic carbocycles. The standard InChI is InChI=1S/C25H38N6O5/c1-5-19(6-2)16-26-22(32)17-30-13-9-11-21(25(30)35)27-24(34)20(10-7-8-12-23(33)36-4)28-31-15-14-29(3)18-31/h8-9,11-15,19-20,28H,5-7,10,16-18H2,1-4H3,(H,26,32)(H,27,34). The number of hydrogen-bond donors (Lipinski definition) is 3. The second-order valence-corrected chi connectivity index (χ2v) is 8.68. The van der Waals surface area contributed by atoms with Crippen molar-refractivity contribution in [2.75, 3.05) is 32.7 Å². The maximum atomic E-state index is 13.1. The van der Waals surface area contributed by atoms with E-state index in [2.05, 4.69) is 34.6 Å². The lowest BCUT2D eigenvalue weighted by atomic mass is 10.0. The number of nitrogens with zero attached hydrogens (tertiary/aromatic N) is 3. The third-order valence-electron chi connectivity index (χ3n) is 5.93. The van der Waals surface area contributed by atoms with E-state index in [9.17, 15) is 19.2 Å². The Morgan fingerprint density at radius 1 is 1.19 bits per heavy atom. The number of aromatic nitrogens is 1. The van der Waals surface area contributed by atoms with Crippen LogP contribution in [0, 0.1) is 5.92 Å². The smallest absolute Gasteiger partial charge is 0.330 e. The summed E-state index contributed by atoms with van der Waals surface area (Å²) in [6.07, 6.45) is 10.9. The van der Waals surface area contributed by atoms with E-state index in [-0.39, 0.29) is 18.1 Å². The van der Waals surface area contributed by atoms with E-state index >= 15 is 0 Å². The SMILES string of the molecule is CCC(CC)CNC(=O)Cn1cccc(NC(=O)C(CCC=CC(=O)OC)NN2C=CN(C)C2)c1=O. The van der Waals surface area contributed by atoms with Crippen LogP contribution in [0.3, 0.4) is 0 Å². The molecule has 0 bridgehead atoms. The normalized spacial score (nSPS) is 13.9. The highest BCUT2D eigenvalue weighted by molar-refractivity contribution is 5.94. The molecule has 1 atom stereocenters. The Morgan fingerprint density at radius 3 is 2.58 bits per heavy atom. The highest BCUT2D eigenvalue weighted by atomic mass is 16.5. The van der Waals surface area contributed by atoms with Crippen LogP contribution in [0.5, 0.6) is 0 Å². The molecule has 198 valence electrons. The average molecular weight is 503 g/mol. The minimum absolute atomic E-state index is 0.0845. The fourth-order valence-electron chi connectivity index (χ4n) is 3.60. The van der Waals surface area contributed by atoms with Crippen molar-refractivity contribution in [1.82, 2.24) is 25.2 Å². The van der Waals surface area contributed by atoms with E-state index in [1.54, 1.807) is 23.4 Å². The number of pyridine rings is 1. The van der Waals surface area contributed by atoms with Crippen LogP contribution in [0.2, 0.25) is 0 Å². The van der Waals surface area contributed by atoms with Gasteiger partial charge in [-0.1, -0.05) is 32.8 Å². The van der Waals surface area contributed by atoms with Gasteiger partial charge in [0.1, 0.15) is 24.9 Å². The van der Waals surface area contributed by atoms with Crippen LogP contribution in [0.4, 0.5) is 5.69 Å². The van der Waals surface area contributed by atoms with Crippen LogP contribution >= 0.6 is 0 Å². The van der Waals surface area contributed by atoms with Gasteiger partial charge in [0.05, 0.1) is 7.11 Å². The molecular formula is C25H38N6O5. The van der Waals surface area contributed by atoms with E-state index in [0.29, 0.717) is 32.0 Å². The Labute approximate surface area is 212 Å². The fourth-order valence-corrected chi connectivity index (χ4v) is 3.60. The zero-order chi connectivity index (χ0) is 26.5. The first-order chi connectivity index (χ1) is 17.3. The van der Waals surface area contributed by atoms with E-state index in [4.69, 9.17) is 0 Å². The molecule has 2 heterocycles. The minimum atomic E-state index is -0.681. The van der Waals surface area contributed by atoms with Crippen molar-refractivity contribution in [3.05, 3.63) is 53.2 Å². The molecule has 11 heteroatoms. The van der Waals surface area contributed by atoms with Crippen LogP contribution < -0.4 is 21.6 Å². The first-order valence-electron chi connectivity index (χ1n) is 12.2. The topological polar surface area (TPSA) is 125 Å². The molecule has 2 amide bonds. The highest BCUT2D eigenvalue weighted by Gasteiger charge is 2.22. The molecular weight excluding hydrogens is 464 g/mol. The molecule has 1 aromatic heterocycles. The summed E-state index contributed by atoms with van der Waals surface area (Å²) in [6, 6.07) is 2.45. The first-order valence-corrected chi connectivity index (χ1v) is 12.2. The van der Waals surface area contributed by atoms with Gasteiger partial charge in [-0.05, 0) is 30.9 Å². The van der Waals surface area contributed by atoms with Gasteiger partial charge in [0.25, 0.3) is 5.56 Å².